The Morgan fingerprint density at radius 1 is 1.46 bits per heavy atom. The second-order valence-corrected chi connectivity index (χ2v) is 6.17. The number of carbonyl (C=O) groups excluding carboxylic acids is 1. The summed E-state index contributed by atoms with van der Waals surface area (Å²) in [5, 5.41) is 4.38. The molecule has 1 aliphatic rings. The first kappa shape index (κ1) is 17.0. The van der Waals surface area contributed by atoms with Crippen LogP contribution in [0.1, 0.15) is 5.56 Å². The number of nitrogens with one attached hydrogen (secondary N) is 1. The highest BCUT2D eigenvalue weighted by Gasteiger charge is 2.27. The number of nitrogens with zero attached hydrogens (tertiary/aromatic N) is 2. The van der Waals surface area contributed by atoms with Gasteiger partial charge in [-0.3, -0.25) is 5.32 Å². The molecule has 0 saturated carbocycles. The Kier molecular flexibility index (Phi) is 5.18. The summed E-state index contributed by atoms with van der Waals surface area (Å²) in [5.41, 5.74) is 1.80. The summed E-state index contributed by atoms with van der Waals surface area (Å²) in [4.78, 5) is 18.8. The van der Waals surface area contributed by atoms with Gasteiger partial charge in [0.15, 0.2) is 0 Å². The van der Waals surface area contributed by atoms with Crippen molar-refractivity contribution in [3.8, 4) is 0 Å². The minimum absolute atomic E-state index is 0.0969. The van der Waals surface area contributed by atoms with Crippen molar-refractivity contribution in [1.29, 1.82) is 0 Å². The van der Waals surface area contributed by atoms with Gasteiger partial charge < -0.3 is 14.4 Å². The van der Waals surface area contributed by atoms with Crippen molar-refractivity contribution in [2.24, 2.45) is 0 Å². The van der Waals surface area contributed by atoms with E-state index in [2.05, 4.69) is 10.3 Å². The Bertz CT molecular complexity index is 751. The predicted molar refractivity (Wildman–Crippen MR) is 93.7 cm³/mol. The summed E-state index contributed by atoms with van der Waals surface area (Å²) in [6, 6.07) is 7.10. The molecule has 2 heterocycles. The predicted octanol–water partition coefficient (Wildman–Crippen LogP) is 3.08. The van der Waals surface area contributed by atoms with Crippen LogP contribution in [-0.4, -0.2) is 55.4 Å². The van der Waals surface area contributed by atoms with Crippen LogP contribution >= 0.6 is 11.6 Å². The van der Waals surface area contributed by atoms with E-state index in [1.807, 2.05) is 25.1 Å². The number of hydrogen-bond acceptors (Lipinski definition) is 4. The van der Waals surface area contributed by atoms with Crippen LogP contribution in [0.3, 0.4) is 0 Å². The molecular weight excluding hydrogens is 330 g/mol. The van der Waals surface area contributed by atoms with Gasteiger partial charge in [0.2, 0.25) is 0 Å². The Morgan fingerprint density at radius 3 is 3.08 bits per heavy atom. The number of morpholine rings is 1. The summed E-state index contributed by atoms with van der Waals surface area (Å²) >= 11 is 6.20. The minimum atomic E-state index is -0.202. The average molecular weight is 350 g/mol. The van der Waals surface area contributed by atoms with Crippen molar-refractivity contribution in [2.75, 3.05) is 38.8 Å². The largest absolute Gasteiger partial charge is 0.382 e. The number of aromatic nitrogens is 1. The number of anilines is 1. The lowest BCUT2D eigenvalue weighted by Gasteiger charge is -2.34. The van der Waals surface area contributed by atoms with E-state index in [0.717, 1.165) is 16.5 Å². The molecule has 2 amide bonds. The number of carbonyl (C=O) groups is 1. The van der Waals surface area contributed by atoms with Crippen LogP contribution in [0.25, 0.3) is 10.9 Å². The maximum absolute atomic E-state index is 12.6. The molecule has 1 fully saturated rings. The summed E-state index contributed by atoms with van der Waals surface area (Å²) in [6.07, 6.45) is 0. The first-order valence-corrected chi connectivity index (χ1v) is 8.18. The number of halogens is 1. The van der Waals surface area contributed by atoms with Crippen LogP contribution in [0.2, 0.25) is 5.02 Å². The van der Waals surface area contributed by atoms with E-state index in [1.165, 1.54) is 0 Å². The van der Waals surface area contributed by atoms with Crippen molar-refractivity contribution in [2.45, 2.75) is 13.0 Å². The normalized spacial score (nSPS) is 18.0. The monoisotopic (exact) mass is 349 g/mol. The third-order valence-corrected chi connectivity index (χ3v) is 4.42. The molecule has 1 unspecified atom stereocenters. The molecule has 1 saturated heterocycles. The second-order valence-electron chi connectivity index (χ2n) is 5.76. The molecule has 1 aromatic heterocycles. The fraction of sp³-hybridized carbons (Fsp3) is 0.412. The molecule has 7 heteroatoms. The van der Waals surface area contributed by atoms with E-state index in [9.17, 15) is 4.79 Å². The molecule has 1 aromatic carbocycles. The van der Waals surface area contributed by atoms with Gasteiger partial charge in [-0.25, -0.2) is 9.78 Å². The summed E-state index contributed by atoms with van der Waals surface area (Å²) < 4.78 is 10.6. The maximum atomic E-state index is 12.6. The van der Waals surface area contributed by atoms with Gasteiger partial charge in [0.1, 0.15) is 5.82 Å². The second kappa shape index (κ2) is 7.34. The molecule has 1 N–H and O–H groups in total. The summed E-state index contributed by atoms with van der Waals surface area (Å²) in [6.45, 7) is 3.92. The molecule has 0 aliphatic carbocycles. The number of methoxy groups -OCH3 is 1. The van der Waals surface area contributed by atoms with E-state index < -0.39 is 0 Å². The fourth-order valence-corrected chi connectivity index (χ4v) is 3.04. The molecule has 0 radical (unpaired) electrons. The van der Waals surface area contributed by atoms with E-state index in [0.29, 0.717) is 37.2 Å². The molecule has 3 rings (SSSR count). The maximum Gasteiger partial charge on any atom is 0.323 e. The van der Waals surface area contributed by atoms with Crippen LogP contribution in [0, 0.1) is 6.92 Å². The molecule has 0 bridgehead atoms. The smallest absolute Gasteiger partial charge is 0.323 e. The third kappa shape index (κ3) is 3.45. The Balaban J connectivity index is 1.81. The Hall–Kier alpha value is -1.89. The first-order chi connectivity index (χ1) is 11.6. The van der Waals surface area contributed by atoms with Crippen LogP contribution in [0.15, 0.2) is 24.3 Å². The Morgan fingerprint density at radius 2 is 2.29 bits per heavy atom. The SMILES string of the molecule is COCC1COCCN1C(=O)Nc1ccc2c(Cl)ccc(C)c2n1. The topological polar surface area (TPSA) is 63.7 Å². The number of hydrogen-bond donors (Lipinski definition) is 1. The number of rotatable bonds is 3. The van der Waals surface area contributed by atoms with Crippen molar-refractivity contribution < 1.29 is 14.3 Å². The van der Waals surface area contributed by atoms with E-state index in [1.54, 1.807) is 18.1 Å². The van der Waals surface area contributed by atoms with Gasteiger partial charge in [0.25, 0.3) is 0 Å². The quantitative estimate of drug-likeness (QED) is 0.925. The lowest BCUT2D eigenvalue weighted by Crippen LogP contribution is -2.52. The lowest BCUT2D eigenvalue weighted by molar-refractivity contribution is -0.0133. The van der Waals surface area contributed by atoms with Crippen LogP contribution in [0.4, 0.5) is 10.6 Å². The lowest BCUT2D eigenvalue weighted by atomic mass is 10.1. The zero-order chi connectivity index (χ0) is 17.1. The van der Waals surface area contributed by atoms with Crippen LogP contribution < -0.4 is 5.32 Å². The molecule has 1 atom stereocenters. The van der Waals surface area contributed by atoms with Crippen LogP contribution in [0.5, 0.6) is 0 Å². The number of fused-ring (bicyclic) bond motifs is 1. The number of ether oxygens (including phenoxy) is 2. The summed E-state index contributed by atoms with van der Waals surface area (Å²) in [5.74, 6) is 0.500. The highest BCUT2D eigenvalue weighted by Crippen LogP contribution is 2.26. The van der Waals surface area contributed by atoms with Gasteiger partial charge in [-0.05, 0) is 30.7 Å². The zero-order valence-electron chi connectivity index (χ0n) is 13.7. The molecule has 24 heavy (non-hydrogen) atoms. The van der Waals surface area contributed by atoms with E-state index in [-0.39, 0.29) is 12.1 Å². The number of amides is 2. The molecule has 2 aromatic rings. The molecular formula is C17H20ClN3O3. The number of aryl methyl sites for hydroxylation is 1. The fourth-order valence-electron chi connectivity index (χ4n) is 2.82. The summed E-state index contributed by atoms with van der Waals surface area (Å²) in [7, 11) is 1.61. The molecule has 0 spiro atoms. The minimum Gasteiger partial charge on any atom is -0.382 e. The highest BCUT2D eigenvalue weighted by molar-refractivity contribution is 6.35. The van der Waals surface area contributed by atoms with Crippen LogP contribution in [-0.2, 0) is 9.47 Å². The molecule has 6 nitrogen and oxygen atoms in total. The van der Waals surface area contributed by atoms with E-state index >= 15 is 0 Å². The molecule has 1 aliphatic heterocycles. The van der Waals surface area contributed by atoms with Crippen molar-refractivity contribution in [3.05, 3.63) is 34.9 Å². The Labute approximate surface area is 145 Å². The number of urea groups is 1. The standard InChI is InChI=1S/C17H20ClN3O3/c1-11-3-5-14(18)13-4-6-15(19-16(11)13)20-17(22)21-7-8-24-10-12(21)9-23-2/h3-6,12H,7-10H2,1-2H3,(H,19,20,22). The van der Waals surface area contributed by atoms with Crippen molar-refractivity contribution >= 4 is 34.4 Å². The average Bonchev–Trinajstić information content (AvgIpc) is 2.59. The van der Waals surface area contributed by atoms with Gasteiger partial charge in [0.05, 0.1) is 31.4 Å². The zero-order valence-corrected chi connectivity index (χ0v) is 14.5. The number of benzene rings is 1. The van der Waals surface area contributed by atoms with Gasteiger partial charge in [-0.15, -0.1) is 0 Å². The van der Waals surface area contributed by atoms with Gasteiger partial charge in [-0.2, -0.15) is 0 Å². The van der Waals surface area contributed by atoms with Gasteiger partial charge in [0, 0.05) is 24.1 Å². The highest BCUT2D eigenvalue weighted by atomic mass is 35.5. The van der Waals surface area contributed by atoms with E-state index in [4.69, 9.17) is 21.1 Å². The van der Waals surface area contributed by atoms with Gasteiger partial charge >= 0.3 is 6.03 Å². The first-order valence-electron chi connectivity index (χ1n) is 7.80. The van der Waals surface area contributed by atoms with Crippen molar-refractivity contribution in [3.63, 3.8) is 0 Å². The van der Waals surface area contributed by atoms with Gasteiger partial charge in [-0.1, -0.05) is 17.7 Å². The molecule has 128 valence electrons. The van der Waals surface area contributed by atoms with Crippen molar-refractivity contribution in [1.82, 2.24) is 9.88 Å². The number of pyridine rings is 1. The third-order valence-electron chi connectivity index (χ3n) is 4.09.